The fraction of sp³-hybridized carbons (Fsp3) is 0.333. The Morgan fingerprint density at radius 2 is 1.65 bits per heavy atom. The van der Waals surface area contributed by atoms with E-state index < -0.39 is 30.0 Å². The summed E-state index contributed by atoms with van der Waals surface area (Å²) in [6, 6.07) is 14.0. The number of carbonyl (C=O) groups is 1. The first-order valence-corrected chi connectivity index (χ1v) is 11.1. The summed E-state index contributed by atoms with van der Waals surface area (Å²) in [5.74, 6) is -0.734. The van der Waals surface area contributed by atoms with E-state index in [0.29, 0.717) is 31.7 Å². The second-order valence-corrected chi connectivity index (χ2v) is 8.52. The van der Waals surface area contributed by atoms with Gasteiger partial charge in [0.2, 0.25) is 0 Å². The summed E-state index contributed by atoms with van der Waals surface area (Å²) in [5, 5.41) is 7.10. The fourth-order valence-corrected chi connectivity index (χ4v) is 4.56. The molecule has 0 unspecified atom stereocenters. The number of nitrogens with one attached hydrogen (secondary N) is 1. The lowest BCUT2D eigenvalue weighted by Crippen LogP contribution is -2.49. The molecule has 5 rings (SSSR count). The third-order valence-corrected chi connectivity index (χ3v) is 6.37. The van der Waals surface area contributed by atoms with Crippen molar-refractivity contribution in [2.45, 2.75) is 24.7 Å². The van der Waals surface area contributed by atoms with Crippen LogP contribution in [0.4, 0.5) is 29.1 Å². The van der Waals surface area contributed by atoms with Gasteiger partial charge in [-0.1, -0.05) is 30.3 Å². The first-order valence-electron chi connectivity index (χ1n) is 11.1. The Morgan fingerprint density at radius 1 is 0.971 bits per heavy atom. The number of piperazine rings is 1. The van der Waals surface area contributed by atoms with Crippen LogP contribution in [0.5, 0.6) is 0 Å². The topological polar surface area (TPSA) is 53.4 Å². The van der Waals surface area contributed by atoms with E-state index in [4.69, 9.17) is 0 Å². The Labute approximate surface area is 193 Å². The smallest absolute Gasteiger partial charge is 0.368 e. The van der Waals surface area contributed by atoms with Crippen molar-refractivity contribution < 1.29 is 22.4 Å². The average molecular weight is 473 g/mol. The maximum Gasteiger partial charge on any atom is 0.410 e. The molecule has 1 saturated heterocycles. The molecule has 2 aliphatic heterocycles. The van der Waals surface area contributed by atoms with E-state index in [0.717, 1.165) is 10.4 Å². The minimum atomic E-state index is -4.55. The number of aromatic nitrogens is 2. The van der Waals surface area contributed by atoms with Crippen LogP contribution in [0.1, 0.15) is 34.6 Å². The van der Waals surface area contributed by atoms with E-state index in [9.17, 15) is 22.4 Å². The quantitative estimate of drug-likeness (QED) is 0.563. The Bertz CT molecular complexity index is 1150. The number of halogens is 4. The predicted molar refractivity (Wildman–Crippen MR) is 119 cm³/mol. The van der Waals surface area contributed by atoms with Gasteiger partial charge < -0.3 is 15.1 Å². The minimum absolute atomic E-state index is 0.0235. The Kier molecular flexibility index (Phi) is 5.66. The molecule has 10 heteroatoms. The summed E-state index contributed by atoms with van der Waals surface area (Å²) < 4.78 is 55.8. The first-order chi connectivity index (χ1) is 16.3. The van der Waals surface area contributed by atoms with Crippen molar-refractivity contribution in [3.63, 3.8) is 0 Å². The maximum atomic E-state index is 13.9. The molecule has 2 atom stereocenters. The summed E-state index contributed by atoms with van der Waals surface area (Å²) >= 11 is 0. The zero-order chi connectivity index (χ0) is 23.9. The standard InChI is InChI=1S/C24H23F4N5O/c25-17-8-6-16(7-9-17)19-14-21(24(26,27)28)33-22(29-19)15-20(30-33)23(34)32-12-10-31(11-13-32)18-4-2-1-3-5-18/h1-9,15,19,21,29H,10-14H2/t19-,21+/m1/s1. The molecule has 0 saturated carbocycles. The van der Waals surface area contributed by atoms with Gasteiger partial charge in [0.1, 0.15) is 11.6 Å². The van der Waals surface area contributed by atoms with E-state index in [2.05, 4.69) is 15.3 Å². The summed E-state index contributed by atoms with van der Waals surface area (Å²) in [6.45, 7) is 2.15. The van der Waals surface area contributed by atoms with Crippen LogP contribution in [0.15, 0.2) is 60.7 Å². The highest BCUT2D eigenvalue weighted by Crippen LogP contribution is 2.43. The van der Waals surface area contributed by atoms with Crippen LogP contribution in [0.25, 0.3) is 0 Å². The highest BCUT2D eigenvalue weighted by Gasteiger charge is 2.47. The fourth-order valence-electron chi connectivity index (χ4n) is 4.56. The molecule has 3 heterocycles. The van der Waals surface area contributed by atoms with Gasteiger partial charge in [-0.15, -0.1) is 0 Å². The number of rotatable bonds is 3. The Hall–Kier alpha value is -3.56. The molecular formula is C24H23F4N5O. The van der Waals surface area contributed by atoms with Crippen LogP contribution in [0.2, 0.25) is 0 Å². The van der Waals surface area contributed by atoms with Gasteiger partial charge in [-0.2, -0.15) is 18.3 Å². The monoisotopic (exact) mass is 473 g/mol. The second-order valence-electron chi connectivity index (χ2n) is 8.52. The predicted octanol–water partition coefficient (Wildman–Crippen LogP) is 4.64. The van der Waals surface area contributed by atoms with Crippen molar-refractivity contribution in [1.29, 1.82) is 0 Å². The van der Waals surface area contributed by atoms with E-state index in [-0.39, 0.29) is 17.9 Å². The van der Waals surface area contributed by atoms with Gasteiger partial charge in [0.25, 0.3) is 5.91 Å². The lowest BCUT2D eigenvalue weighted by Gasteiger charge is -2.35. The SMILES string of the molecule is O=C(c1cc2n(n1)[C@H](C(F)(F)F)C[C@H](c1ccc(F)cc1)N2)N1CCN(c2ccccc2)CC1. The molecule has 34 heavy (non-hydrogen) atoms. The zero-order valence-corrected chi connectivity index (χ0v) is 18.2. The number of anilines is 2. The highest BCUT2D eigenvalue weighted by molar-refractivity contribution is 5.93. The molecular weight excluding hydrogens is 450 g/mol. The van der Waals surface area contributed by atoms with Crippen LogP contribution in [-0.2, 0) is 0 Å². The minimum Gasteiger partial charge on any atom is -0.368 e. The number of hydrogen-bond acceptors (Lipinski definition) is 4. The molecule has 1 N–H and O–H groups in total. The average Bonchev–Trinajstić information content (AvgIpc) is 3.27. The van der Waals surface area contributed by atoms with Crippen molar-refractivity contribution in [3.05, 3.63) is 77.7 Å². The summed E-state index contributed by atoms with van der Waals surface area (Å²) in [5.41, 5.74) is 1.58. The number of fused-ring (bicyclic) bond motifs is 1. The maximum absolute atomic E-state index is 13.9. The number of nitrogens with zero attached hydrogens (tertiary/aromatic N) is 4. The van der Waals surface area contributed by atoms with Crippen molar-refractivity contribution >= 4 is 17.4 Å². The van der Waals surface area contributed by atoms with Gasteiger partial charge >= 0.3 is 6.18 Å². The van der Waals surface area contributed by atoms with Crippen molar-refractivity contribution in [1.82, 2.24) is 14.7 Å². The lowest BCUT2D eigenvalue weighted by molar-refractivity contribution is -0.173. The number of benzene rings is 2. The Balaban J connectivity index is 1.35. The van der Waals surface area contributed by atoms with Crippen LogP contribution in [-0.4, -0.2) is 52.9 Å². The summed E-state index contributed by atoms with van der Waals surface area (Å²) in [6.07, 6.45) is -4.87. The van der Waals surface area contributed by atoms with Gasteiger partial charge in [-0.05, 0) is 29.8 Å². The van der Waals surface area contributed by atoms with Gasteiger partial charge in [0.05, 0.1) is 6.04 Å². The Morgan fingerprint density at radius 3 is 2.29 bits per heavy atom. The first kappa shape index (κ1) is 22.2. The van der Waals surface area contributed by atoms with Crippen molar-refractivity contribution in [2.75, 3.05) is 36.4 Å². The number of hydrogen-bond donors (Lipinski definition) is 1. The van der Waals surface area contributed by atoms with Crippen LogP contribution >= 0.6 is 0 Å². The van der Waals surface area contributed by atoms with Crippen molar-refractivity contribution in [3.8, 4) is 0 Å². The summed E-state index contributed by atoms with van der Waals surface area (Å²) in [4.78, 5) is 16.9. The van der Waals surface area contributed by atoms with Crippen LogP contribution in [0, 0.1) is 5.82 Å². The number of alkyl halides is 3. The van der Waals surface area contributed by atoms with Crippen LogP contribution in [0.3, 0.4) is 0 Å². The number of carbonyl (C=O) groups excluding carboxylic acids is 1. The largest absolute Gasteiger partial charge is 0.410 e. The molecule has 0 spiro atoms. The molecule has 1 fully saturated rings. The van der Waals surface area contributed by atoms with E-state index in [1.165, 1.54) is 30.3 Å². The molecule has 2 aromatic carbocycles. The van der Waals surface area contributed by atoms with Gasteiger partial charge in [0, 0.05) is 44.4 Å². The highest BCUT2D eigenvalue weighted by atomic mass is 19.4. The van der Waals surface area contributed by atoms with Gasteiger partial charge in [-0.25, -0.2) is 9.07 Å². The van der Waals surface area contributed by atoms with Crippen molar-refractivity contribution in [2.24, 2.45) is 0 Å². The summed E-state index contributed by atoms with van der Waals surface area (Å²) in [7, 11) is 0. The van der Waals surface area contributed by atoms with E-state index >= 15 is 0 Å². The molecule has 1 amide bonds. The van der Waals surface area contributed by atoms with Gasteiger partial charge in [0.15, 0.2) is 11.7 Å². The molecule has 178 valence electrons. The molecule has 3 aromatic rings. The molecule has 2 aliphatic rings. The van der Waals surface area contributed by atoms with E-state index in [1.54, 1.807) is 4.90 Å². The third-order valence-electron chi connectivity index (χ3n) is 6.37. The molecule has 0 radical (unpaired) electrons. The van der Waals surface area contributed by atoms with Crippen LogP contribution < -0.4 is 10.2 Å². The molecule has 6 nitrogen and oxygen atoms in total. The zero-order valence-electron chi connectivity index (χ0n) is 18.2. The molecule has 0 aliphatic carbocycles. The number of para-hydroxylation sites is 1. The molecule has 0 bridgehead atoms. The number of amides is 1. The second kappa shape index (κ2) is 8.66. The normalized spacial score (nSPS) is 20.6. The third kappa shape index (κ3) is 4.32. The van der Waals surface area contributed by atoms with E-state index in [1.807, 2.05) is 30.3 Å². The van der Waals surface area contributed by atoms with Gasteiger partial charge in [-0.3, -0.25) is 4.79 Å². The lowest BCUT2D eigenvalue weighted by atomic mass is 9.97. The molecule has 1 aromatic heterocycles.